The topological polar surface area (TPSA) is 62.3 Å². The van der Waals surface area contributed by atoms with Crippen molar-refractivity contribution in [2.24, 2.45) is 0 Å². The van der Waals surface area contributed by atoms with E-state index in [1.165, 1.54) is 43.4 Å². The molecule has 140 valence electrons. The van der Waals surface area contributed by atoms with Gasteiger partial charge in [0.15, 0.2) is 5.13 Å². The number of hydrogen-bond acceptors (Lipinski definition) is 4. The van der Waals surface area contributed by atoms with Crippen LogP contribution >= 0.6 is 11.3 Å². The fourth-order valence-electron chi connectivity index (χ4n) is 2.55. The molecule has 0 saturated carbocycles. The van der Waals surface area contributed by atoms with Gasteiger partial charge in [-0.1, -0.05) is 51.5 Å². The van der Waals surface area contributed by atoms with E-state index in [0.29, 0.717) is 18.1 Å². The number of nitrogens with zero attached hydrogens (tertiary/aromatic N) is 2. The van der Waals surface area contributed by atoms with Gasteiger partial charge >= 0.3 is 0 Å². The monoisotopic (exact) mass is 365 g/mol. The summed E-state index contributed by atoms with van der Waals surface area (Å²) in [6, 6.07) is 0. The summed E-state index contributed by atoms with van der Waals surface area (Å²) in [4.78, 5) is 31.2. The van der Waals surface area contributed by atoms with Crippen LogP contribution in [-0.2, 0) is 9.59 Å². The second kappa shape index (κ2) is 12.6. The molecule has 1 heterocycles. The van der Waals surface area contributed by atoms with Crippen LogP contribution in [0.5, 0.6) is 0 Å². The summed E-state index contributed by atoms with van der Waals surface area (Å²) in [7, 11) is 0. The molecule has 0 aliphatic heterocycles. The molecule has 0 bridgehead atoms. The predicted octanol–water partition coefficient (Wildman–Crippen LogP) is 4.55. The van der Waals surface area contributed by atoms with E-state index in [1.807, 2.05) is 6.92 Å². The van der Waals surface area contributed by atoms with E-state index in [4.69, 9.17) is 0 Å². The van der Waals surface area contributed by atoms with Crippen molar-refractivity contribution in [1.29, 1.82) is 0 Å². The molecular weight excluding hydrogens is 334 g/mol. The zero-order chi connectivity index (χ0) is 18.5. The molecule has 0 fully saturated rings. The van der Waals surface area contributed by atoms with Crippen LogP contribution in [0.4, 0.5) is 5.13 Å². The minimum absolute atomic E-state index is 0.0129. The number of hydrogen-bond donors (Lipinski definition) is 1. The lowest BCUT2D eigenvalue weighted by Crippen LogP contribution is -2.38. The van der Waals surface area contributed by atoms with Gasteiger partial charge in [0.25, 0.3) is 0 Å². The lowest BCUT2D eigenvalue weighted by Gasteiger charge is -2.20. The van der Waals surface area contributed by atoms with Crippen LogP contribution in [0, 0.1) is 6.92 Å². The Morgan fingerprint density at radius 2 is 1.92 bits per heavy atom. The maximum atomic E-state index is 12.3. The predicted molar refractivity (Wildman–Crippen MR) is 105 cm³/mol. The third-order valence-corrected chi connectivity index (χ3v) is 4.73. The maximum absolute atomic E-state index is 12.3. The molecule has 0 aliphatic carbocycles. The van der Waals surface area contributed by atoms with Crippen LogP contribution in [0.15, 0.2) is 18.9 Å². The number of anilines is 1. The summed E-state index contributed by atoms with van der Waals surface area (Å²) in [5.41, 5.74) is 0. The number of rotatable bonds is 13. The average Bonchev–Trinajstić information content (AvgIpc) is 2.98. The molecule has 1 aromatic rings. The normalized spacial score (nSPS) is 10.5. The first-order valence-electron chi connectivity index (χ1n) is 9.17. The van der Waals surface area contributed by atoms with Gasteiger partial charge in [0.2, 0.25) is 11.8 Å². The van der Waals surface area contributed by atoms with E-state index in [9.17, 15) is 9.59 Å². The van der Waals surface area contributed by atoms with E-state index < -0.39 is 0 Å². The molecule has 1 aromatic heterocycles. The number of thiazole rings is 1. The number of nitrogens with one attached hydrogen (secondary N) is 1. The fraction of sp³-hybridized carbons (Fsp3) is 0.632. The summed E-state index contributed by atoms with van der Waals surface area (Å²) in [6.45, 7) is 8.25. The molecule has 2 amide bonds. The summed E-state index contributed by atoms with van der Waals surface area (Å²) in [5.74, 6) is -0.206. The Hall–Kier alpha value is -1.69. The Kier molecular flexibility index (Phi) is 10.8. The van der Waals surface area contributed by atoms with Crippen molar-refractivity contribution < 1.29 is 9.59 Å². The molecule has 0 spiro atoms. The third-order valence-electron chi connectivity index (χ3n) is 3.90. The van der Waals surface area contributed by atoms with Crippen molar-refractivity contribution in [1.82, 2.24) is 9.88 Å². The van der Waals surface area contributed by atoms with Crippen LogP contribution in [0.2, 0.25) is 0 Å². The molecule has 6 heteroatoms. The maximum Gasteiger partial charge on any atom is 0.245 e. The first kappa shape index (κ1) is 21.4. The first-order chi connectivity index (χ1) is 12.1. The number of amides is 2. The van der Waals surface area contributed by atoms with E-state index in [1.54, 1.807) is 17.2 Å². The number of aromatic nitrogens is 1. The highest BCUT2D eigenvalue weighted by molar-refractivity contribution is 7.15. The molecule has 1 rings (SSSR count). The van der Waals surface area contributed by atoms with Crippen LogP contribution < -0.4 is 5.32 Å². The van der Waals surface area contributed by atoms with Gasteiger partial charge in [-0.25, -0.2) is 4.98 Å². The van der Waals surface area contributed by atoms with Gasteiger partial charge in [-0.15, -0.1) is 17.9 Å². The standard InChI is InChI=1S/C19H31N3O2S/c1-4-6-7-8-9-10-11-12-18(24)22(13-5-2)15-17(23)21-19-20-14-16(3)25-19/h5,14H,2,4,6-13,15H2,1,3H3,(H,20,21,23). The van der Waals surface area contributed by atoms with Gasteiger partial charge in [-0.05, 0) is 13.3 Å². The number of unbranched alkanes of at least 4 members (excludes halogenated alkanes) is 6. The number of carbonyl (C=O) groups excluding carboxylic acids is 2. The van der Waals surface area contributed by atoms with E-state index >= 15 is 0 Å². The Bertz CT molecular complexity index is 543. The van der Waals surface area contributed by atoms with Crippen LogP contribution in [0.1, 0.15) is 63.2 Å². The van der Waals surface area contributed by atoms with Gasteiger partial charge < -0.3 is 10.2 Å². The van der Waals surface area contributed by atoms with Crippen LogP contribution in [-0.4, -0.2) is 34.8 Å². The molecule has 0 atom stereocenters. The number of carbonyl (C=O) groups is 2. The minimum Gasteiger partial charge on any atom is -0.330 e. The lowest BCUT2D eigenvalue weighted by atomic mass is 10.1. The lowest BCUT2D eigenvalue weighted by molar-refractivity contribution is -0.134. The first-order valence-corrected chi connectivity index (χ1v) is 9.99. The Morgan fingerprint density at radius 1 is 1.24 bits per heavy atom. The van der Waals surface area contributed by atoms with Gasteiger partial charge in [-0.2, -0.15) is 0 Å². The van der Waals surface area contributed by atoms with Gasteiger partial charge in [-0.3, -0.25) is 9.59 Å². The highest BCUT2D eigenvalue weighted by Gasteiger charge is 2.16. The summed E-state index contributed by atoms with van der Waals surface area (Å²) >= 11 is 1.42. The Labute approximate surface area is 155 Å². The molecule has 1 N–H and O–H groups in total. The van der Waals surface area contributed by atoms with Crippen molar-refractivity contribution in [3.8, 4) is 0 Å². The molecule has 0 radical (unpaired) electrons. The van der Waals surface area contributed by atoms with Crippen LogP contribution in [0.25, 0.3) is 0 Å². The highest BCUT2D eigenvalue weighted by Crippen LogP contribution is 2.16. The number of aryl methyl sites for hydroxylation is 1. The quantitative estimate of drug-likeness (QED) is 0.412. The van der Waals surface area contributed by atoms with Crippen molar-refractivity contribution in [3.05, 3.63) is 23.7 Å². The molecule has 0 unspecified atom stereocenters. The second-order valence-electron chi connectivity index (χ2n) is 6.26. The molecule has 0 aliphatic rings. The Morgan fingerprint density at radius 3 is 2.52 bits per heavy atom. The summed E-state index contributed by atoms with van der Waals surface area (Å²) < 4.78 is 0. The minimum atomic E-state index is -0.218. The van der Waals surface area contributed by atoms with Crippen molar-refractivity contribution >= 4 is 28.3 Å². The van der Waals surface area contributed by atoms with Crippen molar-refractivity contribution in [2.45, 2.75) is 65.2 Å². The van der Waals surface area contributed by atoms with Gasteiger partial charge in [0.1, 0.15) is 6.54 Å². The molecular formula is C19H31N3O2S. The molecule has 25 heavy (non-hydrogen) atoms. The summed E-state index contributed by atoms with van der Waals surface area (Å²) in [5, 5.41) is 3.31. The molecule has 0 aromatic carbocycles. The van der Waals surface area contributed by atoms with Gasteiger partial charge in [0, 0.05) is 24.0 Å². The van der Waals surface area contributed by atoms with Crippen molar-refractivity contribution in [3.63, 3.8) is 0 Å². The summed E-state index contributed by atoms with van der Waals surface area (Å²) in [6.07, 6.45) is 12.1. The Balaban J connectivity index is 2.32. The van der Waals surface area contributed by atoms with E-state index in [2.05, 4.69) is 23.8 Å². The average molecular weight is 366 g/mol. The zero-order valence-corrected chi connectivity index (χ0v) is 16.4. The zero-order valence-electron chi connectivity index (χ0n) is 15.6. The fourth-order valence-corrected chi connectivity index (χ4v) is 3.23. The largest absolute Gasteiger partial charge is 0.330 e. The van der Waals surface area contributed by atoms with Gasteiger partial charge in [0.05, 0.1) is 0 Å². The highest BCUT2D eigenvalue weighted by atomic mass is 32.1. The molecule has 5 nitrogen and oxygen atoms in total. The molecule has 0 saturated heterocycles. The van der Waals surface area contributed by atoms with E-state index in [0.717, 1.165) is 17.7 Å². The smallest absolute Gasteiger partial charge is 0.245 e. The SMILES string of the molecule is C=CCN(CC(=O)Nc1ncc(C)s1)C(=O)CCCCCCCCC. The second-order valence-corrected chi connectivity index (χ2v) is 7.49. The third kappa shape index (κ3) is 9.39. The van der Waals surface area contributed by atoms with E-state index in [-0.39, 0.29) is 18.4 Å². The van der Waals surface area contributed by atoms with Crippen molar-refractivity contribution in [2.75, 3.05) is 18.4 Å². The van der Waals surface area contributed by atoms with Crippen LogP contribution in [0.3, 0.4) is 0 Å².